The summed E-state index contributed by atoms with van der Waals surface area (Å²) in [6, 6.07) is 17.9. The molecule has 0 saturated carbocycles. The molecule has 2 aromatic carbocycles. The van der Waals surface area contributed by atoms with E-state index in [0.29, 0.717) is 6.04 Å². The summed E-state index contributed by atoms with van der Waals surface area (Å²) < 4.78 is 0. The van der Waals surface area contributed by atoms with E-state index in [0.717, 1.165) is 6.54 Å². The van der Waals surface area contributed by atoms with Crippen LogP contribution in [0.2, 0.25) is 0 Å². The Morgan fingerprint density at radius 3 is 2.40 bits per heavy atom. The zero-order chi connectivity index (χ0) is 14.5. The van der Waals surface area contributed by atoms with Gasteiger partial charge in [0.2, 0.25) is 0 Å². The second-order valence-electron chi connectivity index (χ2n) is 5.45. The fourth-order valence-corrected chi connectivity index (χ4v) is 2.36. The molecule has 1 unspecified atom stereocenters. The molecule has 0 amide bonds. The van der Waals surface area contributed by atoms with Crippen LogP contribution in [0.1, 0.15) is 29.7 Å². The van der Waals surface area contributed by atoms with Crippen LogP contribution in [0.3, 0.4) is 0 Å². The van der Waals surface area contributed by atoms with Crippen molar-refractivity contribution in [2.75, 3.05) is 19.0 Å². The molecule has 1 atom stereocenters. The lowest BCUT2D eigenvalue weighted by molar-refractivity contribution is 0.652. The Balaban J connectivity index is 2.07. The predicted octanol–water partition coefficient (Wildman–Crippen LogP) is 3.91. The summed E-state index contributed by atoms with van der Waals surface area (Å²) in [6.45, 7) is 5.24. The van der Waals surface area contributed by atoms with Crippen LogP contribution in [0.5, 0.6) is 0 Å². The van der Waals surface area contributed by atoms with Crippen molar-refractivity contribution in [2.24, 2.45) is 0 Å². The summed E-state index contributed by atoms with van der Waals surface area (Å²) in [4.78, 5) is 2.28. The van der Waals surface area contributed by atoms with E-state index in [-0.39, 0.29) is 0 Å². The molecule has 0 bridgehead atoms. The van der Waals surface area contributed by atoms with Crippen molar-refractivity contribution in [1.29, 1.82) is 0 Å². The number of rotatable bonds is 5. The summed E-state index contributed by atoms with van der Waals surface area (Å²) in [5.41, 5.74) is 5.23. The first-order chi connectivity index (χ1) is 9.60. The van der Waals surface area contributed by atoms with Crippen molar-refractivity contribution in [3.63, 3.8) is 0 Å². The van der Waals surface area contributed by atoms with Gasteiger partial charge in [0.1, 0.15) is 0 Å². The van der Waals surface area contributed by atoms with Gasteiger partial charge < -0.3 is 10.2 Å². The predicted molar refractivity (Wildman–Crippen MR) is 87.2 cm³/mol. The van der Waals surface area contributed by atoms with Gasteiger partial charge in [-0.3, -0.25) is 0 Å². The molecule has 0 saturated heterocycles. The minimum atomic E-state index is 0.395. The van der Waals surface area contributed by atoms with E-state index in [9.17, 15) is 0 Å². The van der Waals surface area contributed by atoms with Crippen molar-refractivity contribution < 1.29 is 0 Å². The van der Waals surface area contributed by atoms with E-state index < -0.39 is 0 Å². The molecule has 0 heterocycles. The van der Waals surface area contributed by atoms with Gasteiger partial charge in [0, 0.05) is 25.3 Å². The van der Waals surface area contributed by atoms with Crippen LogP contribution >= 0.6 is 0 Å². The zero-order valence-corrected chi connectivity index (χ0v) is 12.9. The van der Waals surface area contributed by atoms with Crippen molar-refractivity contribution in [3.8, 4) is 0 Å². The Morgan fingerprint density at radius 1 is 1.10 bits per heavy atom. The molecule has 1 N–H and O–H groups in total. The first-order valence-electron chi connectivity index (χ1n) is 7.14. The van der Waals surface area contributed by atoms with Crippen molar-refractivity contribution in [2.45, 2.75) is 26.4 Å². The van der Waals surface area contributed by atoms with E-state index in [2.05, 4.69) is 79.6 Å². The summed E-state index contributed by atoms with van der Waals surface area (Å²) in [5, 5.41) is 3.26. The van der Waals surface area contributed by atoms with E-state index in [1.165, 1.54) is 22.4 Å². The summed E-state index contributed by atoms with van der Waals surface area (Å²) in [5.74, 6) is 0. The van der Waals surface area contributed by atoms with Gasteiger partial charge in [0.25, 0.3) is 0 Å². The minimum Gasteiger partial charge on any atom is -0.370 e. The lowest BCUT2D eigenvalue weighted by Crippen LogP contribution is -2.17. The SMILES string of the molecule is CNC(C)c1ccc(N(C)Cc2cccc(C)c2)cc1. The molecule has 2 nitrogen and oxygen atoms in total. The number of hydrogen-bond acceptors (Lipinski definition) is 2. The maximum Gasteiger partial charge on any atom is 0.0426 e. The number of benzene rings is 2. The molecule has 0 spiro atoms. The van der Waals surface area contributed by atoms with Crippen molar-refractivity contribution >= 4 is 5.69 Å². The first-order valence-corrected chi connectivity index (χ1v) is 7.14. The van der Waals surface area contributed by atoms with Gasteiger partial charge in [-0.25, -0.2) is 0 Å². The van der Waals surface area contributed by atoms with Gasteiger partial charge in [-0.15, -0.1) is 0 Å². The maximum atomic E-state index is 3.26. The Kier molecular flexibility index (Phi) is 4.80. The third kappa shape index (κ3) is 3.61. The van der Waals surface area contributed by atoms with Crippen molar-refractivity contribution in [1.82, 2.24) is 5.32 Å². The van der Waals surface area contributed by atoms with Crippen LogP contribution in [0.25, 0.3) is 0 Å². The minimum absolute atomic E-state index is 0.395. The molecule has 106 valence electrons. The van der Waals surface area contributed by atoms with Crippen LogP contribution in [0, 0.1) is 6.92 Å². The summed E-state index contributed by atoms with van der Waals surface area (Å²) >= 11 is 0. The van der Waals surface area contributed by atoms with Crippen LogP contribution < -0.4 is 10.2 Å². The normalized spacial score (nSPS) is 12.2. The van der Waals surface area contributed by atoms with E-state index in [1.807, 2.05) is 7.05 Å². The Bertz CT molecular complexity index is 546. The van der Waals surface area contributed by atoms with Crippen molar-refractivity contribution in [3.05, 3.63) is 65.2 Å². The smallest absolute Gasteiger partial charge is 0.0426 e. The van der Waals surface area contributed by atoms with Gasteiger partial charge in [0.05, 0.1) is 0 Å². The number of anilines is 1. The Labute approximate surface area is 122 Å². The summed E-state index contributed by atoms with van der Waals surface area (Å²) in [6.07, 6.45) is 0. The maximum absolute atomic E-state index is 3.26. The van der Waals surface area contributed by atoms with Gasteiger partial charge in [-0.05, 0) is 44.2 Å². The molecule has 0 aliphatic heterocycles. The second-order valence-corrected chi connectivity index (χ2v) is 5.45. The summed E-state index contributed by atoms with van der Waals surface area (Å²) in [7, 11) is 4.13. The molecule has 2 aromatic rings. The largest absolute Gasteiger partial charge is 0.370 e. The third-order valence-electron chi connectivity index (χ3n) is 3.77. The van der Waals surface area contributed by atoms with Gasteiger partial charge in [0.15, 0.2) is 0 Å². The Morgan fingerprint density at radius 2 is 1.80 bits per heavy atom. The molecular weight excluding hydrogens is 244 g/mol. The highest BCUT2D eigenvalue weighted by Crippen LogP contribution is 2.19. The van der Waals surface area contributed by atoms with E-state index in [1.54, 1.807) is 0 Å². The van der Waals surface area contributed by atoms with Crippen LogP contribution in [0.4, 0.5) is 5.69 Å². The molecule has 0 aliphatic carbocycles. The molecule has 0 aliphatic rings. The number of nitrogens with one attached hydrogen (secondary N) is 1. The fraction of sp³-hybridized carbons (Fsp3) is 0.333. The monoisotopic (exact) mass is 268 g/mol. The topological polar surface area (TPSA) is 15.3 Å². The third-order valence-corrected chi connectivity index (χ3v) is 3.77. The highest BCUT2D eigenvalue weighted by Gasteiger charge is 2.05. The molecule has 0 fully saturated rings. The average molecular weight is 268 g/mol. The fourth-order valence-electron chi connectivity index (χ4n) is 2.36. The second kappa shape index (κ2) is 6.58. The zero-order valence-electron chi connectivity index (χ0n) is 12.9. The lowest BCUT2D eigenvalue weighted by Gasteiger charge is -2.21. The average Bonchev–Trinajstić information content (AvgIpc) is 2.46. The highest BCUT2D eigenvalue weighted by molar-refractivity contribution is 5.48. The number of aryl methyl sites for hydroxylation is 1. The van der Waals surface area contributed by atoms with Crippen LogP contribution in [-0.2, 0) is 6.54 Å². The molecule has 20 heavy (non-hydrogen) atoms. The molecular formula is C18H24N2. The van der Waals surface area contributed by atoms with Gasteiger partial charge in [-0.1, -0.05) is 42.0 Å². The lowest BCUT2D eigenvalue weighted by atomic mass is 10.1. The van der Waals surface area contributed by atoms with Gasteiger partial charge in [-0.2, -0.15) is 0 Å². The van der Waals surface area contributed by atoms with E-state index in [4.69, 9.17) is 0 Å². The van der Waals surface area contributed by atoms with Crippen LogP contribution in [-0.4, -0.2) is 14.1 Å². The quantitative estimate of drug-likeness (QED) is 0.884. The van der Waals surface area contributed by atoms with Gasteiger partial charge >= 0.3 is 0 Å². The van der Waals surface area contributed by atoms with E-state index >= 15 is 0 Å². The molecule has 0 aromatic heterocycles. The molecule has 0 radical (unpaired) electrons. The van der Waals surface area contributed by atoms with Crippen LogP contribution in [0.15, 0.2) is 48.5 Å². The first kappa shape index (κ1) is 14.6. The molecule has 2 heteroatoms. The highest BCUT2D eigenvalue weighted by atomic mass is 15.1. The standard InChI is InChI=1S/C18H24N2/c1-14-6-5-7-16(12-14)13-20(4)18-10-8-17(9-11-18)15(2)19-3/h5-12,15,19H,13H2,1-4H3. The number of nitrogens with zero attached hydrogens (tertiary/aromatic N) is 1. The number of hydrogen-bond donors (Lipinski definition) is 1. The Hall–Kier alpha value is -1.80. The molecule has 2 rings (SSSR count).